The van der Waals surface area contributed by atoms with Crippen molar-refractivity contribution in [1.29, 1.82) is 0 Å². The summed E-state index contributed by atoms with van der Waals surface area (Å²) in [6.45, 7) is 4.05. The molecule has 1 heterocycles. The van der Waals surface area contributed by atoms with Crippen molar-refractivity contribution < 1.29 is 19.1 Å². The lowest BCUT2D eigenvalue weighted by Gasteiger charge is -2.36. The van der Waals surface area contributed by atoms with E-state index >= 15 is 0 Å². The first-order valence-corrected chi connectivity index (χ1v) is 7.51. The molecule has 0 N–H and O–H groups in total. The molecular weight excluding hydrogens is 280 g/mol. The van der Waals surface area contributed by atoms with Crippen LogP contribution >= 0.6 is 0 Å². The Hall–Kier alpha value is -2.10. The number of carbonyl (C=O) groups is 2. The van der Waals surface area contributed by atoms with Gasteiger partial charge in [0.2, 0.25) is 0 Å². The third-order valence-electron chi connectivity index (χ3n) is 4.35. The summed E-state index contributed by atoms with van der Waals surface area (Å²) in [4.78, 5) is 24.7. The molecule has 1 unspecified atom stereocenters. The summed E-state index contributed by atoms with van der Waals surface area (Å²) in [5, 5.41) is 0. The maximum Gasteiger partial charge on any atom is 0.311 e. The van der Waals surface area contributed by atoms with E-state index in [1.807, 2.05) is 38.1 Å². The minimum Gasteiger partial charge on any atom is -0.496 e. The van der Waals surface area contributed by atoms with Crippen molar-refractivity contribution >= 4 is 11.8 Å². The molecule has 0 saturated heterocycles. The van der Waals surface area contributed by atoms with Gasteiger partial charge in [0.1, 0.15) is 11.5 Å². The maximum atomic E-state index is 12.6. The van der Waals surface area contributed by atoms with Gasteiger partial charge in [-0.2, -0.15) is 0 Å². The van der Waals surface area contributed by atoms with Gasteiger partial charge in [0, 0.05) is 29.9 Å². The smallest absolute Gasteiger partial charge is 0.311 e. The number of ether oxygens (including phenoxy) is 2. The Morgan fingerprint density at radius 3 is 2.64 bits per heavy atom. The average Bonchev–Trinajstić information content (AvgIpc) is 2.44. The molecule has 0 saturated carbocycles. The first-order chi connectivity index (χ1) is 10.4. The van der Waals surface area contributed by atoms with Crippen LogP contribution in [-0.4, -0.2) is 18.9 Å². The molecule has 1 aromatic carbocycles. The predicted molar refractivity (Wildman–Crippen MR) is 81.5 cm³/mol. The minimum absolute atomic E-state index is 0.0784. The second-order valence-corrected chi connectivity index (χ2v) is 6.75. The highest BCUT2D eigenvalue weighted by atomic mass is 16.5. The van der Waals surface area contributed by atoms with Gasteiger partial charge in [-0.3, -0.25) is 9.59 Å². The monoisotopic (exact) mass is 300 g/mol. The number of hydrogen-bond donors (Lipinski definition) is 0. The molecule has 0 bridgehead atoms. The Morgan fingerprint density at radius 1 is 1.18 bits per heavy atom. The van der Waals surface area contributed by atoms with E-state index in [9.17, 15) is 9.59 Å². The van der Waals surface area contributed by atoms with E-state index in [0.29, 0.717) is 29.9 Å². The van der Waals surface area contributed by atoms with E-state index in [4.69, 9.17) is 9.47 Å². The van der Waals surface area contributed by atoms with Crippen LogP contribution in [0, 0.1) is 5.41 Å². The summed E-state index contributed by atoms with van der Waals surface area (Å²) in [5.41, 5.74) is 1.37. The number of ketones is 1. The van der Waals surface area contributed by atoms with Crippen molar-refractivity contribution in [1.82, 2.24) is 0 Å². The molecule has 2 aliphatic rings. The van der Waals surface area contributed by atoms with Gasteiger partial charge >= 0.3 is 5.97 Å². The van der Waals surface area contributed by atoms with Gasteiger partial charge in [0.25, 0.3) is 0 Å². The number of esters is 1. The van der Waals surface area contributed by atoms with E-state index in [2.05, 4.69) is 0 Å². The maximum absolute atomic E-state index is 12.6. The Labute approximate surface area is 130 Å². The highest BCUT2D eigenvalue weighted by Crippen LogP contribution is 2.47. The van der Waals surface area contributed by atoms with Crippen molar-refractivity contribution in [2.24, 2.45) is 5.41 Å². The number of hydrogen-bond acceptors (Lipinski definition) is 4. The summed E-state index contributed by atoms with van der Waals surface area (Å²) >= 11 is 0. The largest absolute Gasteiger partial charge is 0.496 e. The second-order valence-electron chi connectivity index (χ2n) is 6.75. The predicted octanol–water partition coefficient (Wildman–Crippen LogP) is 3.37. The van der Waals surface area contributed by atoms with Crippen LogP contribution in [0.4, 0.5) is 0 Å². The van der Waals surface area contributed by atoms with Gasteiger partial charge in [-0.05, 0) is 11.5 Å². The van der Waals surface area contributed by atoms with Crippen LogP contribution < -0.4 is 4.74 Å². The zero-order valence-electron chi connectivity index (χ0n) is 13.1. The molecule has 0 amide bonds. The zero-order valence-corrected chi connectivity index (χ0v) is 13.1. The van der Waals surface area contributed by atoms with Gasteiger partial charge in [-0.1, -0.05) is 32.0 Å². The molecule has 0 aromatic heterocycles. The molecule has 22 heavy (non-hydrogen) atoms. The number of Topliss-reactive ketones (excluding diaryl/α,β-unsaturated/α-hetero) is 1. The Balaban J connectivity index is 2.11. The second kappa shape index (κ2) is 5.27. The molecule has 1 aliphatic heterocycles. The van der Waals surface area contributed by atoms with Crippen LogP contribution in [0.2, 0.25) is 0 Å². The fourth-order valence-corrected chi connectivity index (χ4v) is 3.43. The van der Waals surface area contributed by atoms with Crippen molar-refractivity contribution in [2.45, 2.75) is 39.0 Å². The summed E-state index contributed by atoms with van der Waals surface area (Å²) in [6.07, 6.45) is 1.28. The summed E-state index contributed by atoms with van der Waals surface area (Å²) in [7, 11) is 1.60. The van der Waals surface area contributed by atoms with Crippen molar-refractivity contribution in [2.75, 3.05) is 7.11 Å². The van der Waals surface area contributed by atoms with Crippen molar-refractivity contribution in [3.8, 4) is 5.75 Å². The molecule has 0 spiro atoms. The van der Waals surface area contributed by atoms with E-state index in [-0.39, 0.29) is 29.5 Å². The zero-order chi connectivity index (χ0) is 15.9. The normalized spacial score (nSPS) is 23.9. The van der Waals surface area contributed by atoms with Gasteiger partial charge in [-0.15, -0.1) is 0 Å². The van der Waals surface area contributed by atoms with Crippen LogP contribution in [0.1, 0.15) is 44.6 Å². The summed E-state index contributed by atoms with van der Waals surface area (Å²) in [6, 6.07) is 7.55. The third-order valence-corrected chi connectivity index (χ3v) is 4.35. The van der Waals surface area contributed by atoms with E-state index in [1.165, 1.54) is 0 Å². The lowest BCUT2D eigenvalue weighted by molar-refractivity contribution is -0.142. The molecular formula is C18H20O4. The van der Waals surface area contributed by atoms with Crippen LogP contribution in [0.3, 0.4) is 0 Å². The van der Waals surface area contributed by atoms with Crippen LogP contribution in [0.15, 0.2) is 35.6 Å². The summed E-state index contributed by atoms with van der Waals surface area (Å²) in [5.74, 6) is 0.783. The van der Waals surface area contributed by atoms with E-state index < -0.39 is 0 Å². The number of carbonyl (C=O) groups excluding carboxylic acids is 2. The Morgan fingerprint density at radius 2 is 1.91 bits per heavy atom. The molecule has 1 aliphatic carbocycles. The first kappa shape index (κ1) is 14.8. The van der Waals surface area contributed by atoms with Crippen LogP contribution in [-0.2, 0) is 14.3 Å². The molecule has 1 aromatic rings. The Kier molecular flexibility index (Phi) is 3.55. The van der Waals surface area contributed by atoms with Gasteiger partial charge in [0.05, 0.1) is 13.5 Å². The highest BCUT2D eigenvalue weighted by molar-refractivity contribution is 6.00. The average molecular weight is 300 g/mol. The first-order valence-electron chi connectivity index (χ1n) is 7.51. The molecule has 0 fully saturated rings. The molecule has 0 radical (unpaired) electrons. The molecule has 4 nitrogen and oxygen atoms in total. The SMILES string of the molecule is COc1ccccc1C1CC(=O)OC2=C1C(=O)CC(C)(C)C2. The lowest BCUT2D eigenvalue weighted by Crippen LogP contribution is -2.34. The lowest BCUT2D eigenvalue weighted by atomic mass is 9.71. The van der Waals surface area contributed by atoms with E-state index in [0.717, 1.165) is 5.56 Å². The van der Waals surface area contributed by atoms with Crippen LogP contribution in [0.5, 0.6) is 5.75 Å². The number of benzene rings is 1. The number of rotatable bonds is 2. The third kappa shape index (κ3) is 2.54. The fraction of sp³-hybridized carbons (Fsp3) is 0.444. The van der Waals surface area contributed by atoms with Crippen molar-refractivity contribution in [3.05, 3.63) is 41.2 Å². The quantitative estimate of drug-likeness (QED) is 0.786. The summed E-state index contributed by atoms with van der Waals surface area (Å²) < 4.78 is 10.8. The van der Waals surface area contributed by atoms with Crippen molar-refractivity contribution in [3.63, 3.8) is 0 Å². The molecule has 3 rings (SSSR count). The fourth-order valence-electron chi connectivity index (χ4n) is 3.43. The van der Waals surface area contributed by atoms with E-state index in [1.54, 1.807) is 7.11 Å². The minimum atomic E-state index is -0.278. The number of allylic oxidation sites excluding steroid dienone is 2. The van der Waals surface area contributed by atoms with Gasteiger partial charge in [-0.25, -0.2) is 0 Å². The van der Waals surface area contributed by atoms with Gasteiger partial charge < -0.3 is 9.47 Å². The number of methoxy groups -OCH3 is 1. The molecule has 4 heteroatoms. The topological polar surface area (TPSA) is 52.6 Å². The van der Waals surface area contributed by atoms with Gasteiger partial charge in [0.15, 0.2) is 5.78 Å². The highest BCUT2D eigenvalue weighted by Gasteiger charge is 2.42. The molecule has 116 valence electrons. The Bertz CT molecular complexity index is 669. The number of para-hydroxylation sites is 1. The standard InChI is InChI=1S/C18H20O4/c1-18(2)9-13(19)17-12(8-16(20)22-15(17)10-18)11-6-4-5-7-14(11)21-3/h4-7,12H,8-10H2,1-3H3. The molecule has 1 atom stereocenters. The van der Waals surface area contributed by atoms with Crippen LogP contribution in [0.25, 0.3) is 0 Å².